The second-order valence-corrected chi connectivity index (χ2v) is 4.10. The number of carboxylic acids is 1. The van der Waals surface area contributed by atoms with Gasteiger partial charge in [-0.2, -0.15) is 4.52 Å². The van der Waals surface area contributed by atoms with Crippen LogP contribution >= 0.6 is 11.3 Å². The van der Waals surface area contributed by atoms with E-state index in [0.29, 0.717) is 16.5 Å². The number of pyridine rings is 1. The van der Waals surface area contributed by atoms with Crippen LogP contribution in [0.25, 0.3) is 16.5 Å². The first kappa shape index (κ1) is 9.85. The van der Waals surface area contributed by atoms with Gasteiger partial charge in [0, 0.05) is 6.20 Å². The number of carbonyl (C=O) groups is 1. The molecule has 0 bridgehead atoms. The van der Waals surface area contributed by atoms with Gasteiger partial charge >= 0.3 is 5.97 Å². The van der Waals surface area contributed by atoms with Gasteiger partial charge in [0.1, 0.15) is 5.69 Å². The van der Waals surface area contributed by atoms with E-state index in [0.717, 1.165) is 11.3 Å². The van der Waals surface area contributed by atoms with Gasteiger partial charge in [0.05, 0.1) is 0 Å². The Morgan fingerprint density at radius 1 is 1.35 bits per heavy atom. The lowest BCUT2D eigenvalue weighted by molar-refractivity contribution is 0.0695. The molecule has 3 rings (SSSR count). The second kappa shape index (κ2) is 3.59. The van der Waals surface area contributed by atoms with Gasteiger partial charge in [-0.1, -0.05) is 17.4 Å². The molecule has 1 N–H and O–H groups in total. The summed E-state index contributed by atoms with van der Waals surface area (Å²) in [7, 11) is 0. The lowest BCUT2D eigenvalue weighted by atomic mass is 10.3. The fourth-order valence-electron chi connectivity index (χ4n) is 1.36. The van der Waals surface area contributed by atoms with E-state index in [1.54, 1.807) is 18.3 Å². The smallest absolute Gasteiger partial charge is 0.367 e. The summed E-state index contributed by atoms with van der Waals surface area (Å²) in [5.41, 5.74) is 0.599. The molecule has 0 amide bonds. The van der Waals surface area contributed by atoms with E-state index in [4.69, 9.17) is 5.11 Å². The Morgan fingerprint density at radius 3 is 2.94 bits per heavy atom. The summed E-state index contributed by atoms with van der Waals surface area (Å²) < 4.78 is 1.39. The van der Waals surface area contributed by atoms with Crippen LogP contribution in [-0.4, -0.2) is 35.9 Å². The first-order valence-corrected chi connectivity index (χ1v) is 5.44. The van der Waals surface area contributed by atoms with Crippen LogP contribution in [0.4, 0.5) is 0 Å². The number of fused-ring (bicyclic) bond motifs is 1. The van der Waals surface area contributed by atoms with Crippen molar-refractivity contribution in [3.05, 3.63) is 29.4 Å². The molecule has 3 aromatic heterocycles. The summed E-state index contributed by atoms with van der Waals surface area (Å²) in [5, 5.41) is 20.5. The zero-order chi connectivity index (χ0) is 11.8. The highest BCUT2D eigenvalue weighted by Gasteiger charge is 2.17. The lowest BCUT2D eigenvalue weighted by Gasteiger charge is -1.93. The average Bonchev–Trinajstić information content (AvgIpc) is 2.89. The Kier molecular flexibility index (Phi) is 2.08. The SMILES string of the molecule is O=C(O)c1nn2c(-c3ccccn3)nnc2s1. The fourth-order valence-corrected chi connectivity index (χ4v) is 2.04. The van der Waals surface area contributed by atoms with Crippen LogP contribution in [0.1, 0.15) is 9.80 Å². The normalized spacial score (nSPS) is 10.8. The highest BCUT2D eigenvalue weighted by Crippen LogP contribution is 2.19. The maximum absolute atomic E-state index is 10.8. The summed E-state index contributed by atoms with van der Waals surface area (Å²) in [6, 6.07) is 5.36. The van der Waals surface area contributed by atoms with Crippen LogP contribution in [0.3, 0.4) is 0 Å². The van der Waals surface area contributed by atoms with Crippen molar-refractivity contribution in [1.82, 2.24) is 24.8 Å². The third-order valence-electron chi connectivity index (χ3n) is 2.07. The van der Waals surface area contributed by atoms with Crippen molar-refractivity contribution in [2.75, 3.05) is 0 Å². The van der Waals surface area contributed by atoms with Gasteiger partial charge in [0.25, 0.3) is 0 Å². The molecule has 84 valence electrons. The van der Waals surface area contributed by atoms with E-state index < -0.39 is 5.97 Å². The van der Waals surface area contributed by atoms with Crippen molar-refractivity contribution >= 4 is 22.3 Å². The van der Waals surface area contributed by atoms with Crippen molar-refractivity contribution in [2.45, 2.75) is 0 Å². The molecule has 0 aliphatic carbocycles. The van der Waals surface area contributed by atoms with Gasteiger partial charge in [0.2, 0.25) is 15.8 Å². The topological polar surface area (TPSA) is 93.3 Å². The van der Waals surface area contributed by atoms with Crippen LogP contribution in [0.5, 0.6) is 0 Å². The Morgan fingerprint density at radius 2 is 2.24 bits per heavy atom. The van der Waals surface area contributed by atoms with Crippen LogP contribution in [0.2, 0.25) is 0 Å². The summed E-state index contributed by atoms with van der Waals surface area (Å²) in [5.74, 6) is -0.642. The molecule has 8 heteroatoms. The molecule has 7 nitrogen and oxygen atoms in total. The summed E-state index contributed by atoms with van der Waals surface area (Å²) in [4.78, 5) is 15.3. The third-order valence-corrected chi connectivity index (χ3v) is 2.95. The Hall–Kier alpha value is -2.35. The molecule has 0 fully saturated rings. The van der Waals surface area contributed by atoms with Crippen molar-refractivity contribution in [2.24, 2.45) is 0 Å². The maximum Gasteiger partial charge on any atom is 0.367 e. The Bertz CT molecular complexity index is 690. The van der Waals surface area contributed by atoms with Crippen LogP contribution in [-0.2, 0) is 0 Å². The number of aromatic carboxylic acids is 1. The van der Waals surface area contributed by atoms with Crippen molar-refractivity contribution < 1.29 is 9.90 Å². The molecule has 0 aromatic carbocycles. The zero-order valence-corrected chi connectivity index (χ0v) is 9.13. The van der Waals surface area contributed by atoms with Crippen molar-refractivity contribution in [3.8, 4) is 11.5 Å². The maximum atomic E-state index is 10.8. The van der Waals surface area contributed by atoms with Gasteiger partial charge in [-0.05, 0) is 12.1 Å². The summed E-state index contributed by atoms with van der Waals surface area (Å²) >= 11 is 0.972. The van der Waals surface area contributed by atoms with Gasteiger partial charge in [0.15, 0.2) is 0 Å². The molecule has 0 spiro atoms. The number of carboxylic acid groups (broad SMARTS) is 1. The van der Waals surface area contributed by atoms with Gasteiger partial charge in [-0.25, -0.2) is 4.79 Å². The highest BCUT2D eigenvalue weighted by atomic mass is 32.1. The minimum atomic E-state index is -1.08. The van der Waals surface area contributed by atoms with E-state index in [1.807, 2.05) is 6.07 Å². The predicted molar refractivity (Wildman–Crippen MR) is 58.8 cm³/mol. The zero-order valence-electron chi connectivity index (χ0n) is 8.31. The third kappa shape index (κ3) is 1.54. The minimum absolute atomic E-state index is 0.0212. The minimum Gasteiger partial charge on any atom is -0.476 e. The molecule has 0 radical (unpaired) electrons. The van der Waals surface area contributed by atoms with Gasteiger partial charge in [-0.15, -0.1) is 15.3 Å². The van der Waals surface area contributed by atoms with Crippen molar-refractivity contribution in [3.63, 3.8) is 0 Å². The largest absolute Gasteiger partial charge is 0.476 e. The van der Waals surface area contributed by atoms with Crippen molar-refractivity contribution in [1.29, 1.82) is 0 Å². The monoisotopic (exact) mass is 247 g/mol. The molecule has 0 aliphatic heterocycles. The number of nitrogens with zero attached hydrogens (tertiary/aromatic N) is 5. The molecular formula is C9H5N5O2S. The Balaban J connectivity index is 2.21. The lowest BCUT2D eigenvalue weighted by Crippen LogP contribution is -1.98. The Labute approximate surface area is 98.4 Å². The van der Waals surface area contributed by atoms with E-state index >= 15 is 0 Å². The molecule has 0 saturated carbocycles. The molecule has 0 aliphatic rings. The quantitative estimate of drug-likeness (QED) is 0.724. The molecule has 0 unspecified atom stereocenters. The molecule has 3 aromatic rings. The van der Waals surface area contributed by atoms with Crippen LogP contribution < -0.4 is 0 Å². The number of aromatic nitrogens is 5. The fraction of sp³-hybridized carbons (Fsp3) is 0. The van der Waals surface area contributed by atoms with Gasteiger partial charge < -0.3 is 5.11 Å². The first-order valence-electron chi connectivity index (χ1n) is 4.62. The second-order valence-electron chi connectivity index (χ2n) is 3.15. The summed E-state index contributed by atoms with van der Waals surface area (Å²) in [6.45, 7) is 0. The predicted octanol–water partition coefficient (Wildman–Crippen LogP) is 0.946. The molecule has 3 heterocycles. The number of hydrogen-bond acceptors (Lipinski definition) is 6. The molecule has 0 atom stereocenters. The molecule has 17 heavy (non-hydrogen) atoms. The first-order chi connectivity index (χ1) is 8.25. The summed E-state index contributed by atoms with van der Waals surface area (Å²) in [6.07, 6.45) is 1.63. The van der Waals surface area contributed by atoms with Crippen LogP contribution in [0, 0.1) is 0 Å². The highest BCUT2D eigenvalue weighted by molar-refractivity contribution is 7.18. The molecule has 0 saturated heterocycles. The van der Waals surface area contributed by atoms with Gasteiger partial charge in [-0.3, -0.25) is 4.98 Å². The number of rotatable bonds is 2. The van der Waals surface area contributed by atoms with Crippen LogP contribution in [0.15, 0.2) is 24.4 Å². The van der Waals surface area contributed by atoms with E-state index in [-0.39, 0.29) is 5.01 Å². The molecular weight excluding hydrogens is 242 g/mol. The standard InChI is InChI=1S/C9H5N5O2S/c15-8(16)7-13-14-6(11-12-9(14)17-7)5-3-1-2-4-10-5/h1-4H,(H,15,16). The average molecular weight is 247 g/mol. The van der Waals surface area contributed by atoms with E-state index in [2.05, 4.69) is 20.3 Å². The van der Waals surface area contributed by atoms with E-state index in [9.17, 15) is 4.79 Å². The van der Waals surface area contributed by atoms with E-state index in [1.165, 1.54) is 4.52 Å². The number of hydrogen-bond donors (Lipinski definition) is 1.